The quantitative estimate of drug-likeness (QED) is 0.148. The topological polar surface area (TPSA) is 90.6 Å². The summed E-state index contributed by atoms with van der Waals surface area (Å²) in [4.78, 5) is 27.2. The van der Waals surface area contributed by atoms with Crippen molar-refractivity contribution in [1.82, 2.24) is 14.9 Å². The van der Waals surface area contributed by atoms with Gasteiger partial charge in [-0.05, 0) is 88.2 Å². The average molecular weight is 566 g/mol. The van der Waals surface area contributed by atoms with Gasteiger partial charge in [0.2, 0.25) is 5.95 Å². The lowest BCUT2D eigenvalue weighted by Gasteiger charge is -2.28. The summed E-state index contributed by atoms with van der Waals surface area (Å²) in [7, 11) is 0. The molecule has 2 atom stereocenters. The SMILES string of the molecule is CCCN(CCC)C/C(=C/N(N)c1cccc(N(CCC(C)CC)C(=O)c2cnc(NCC)nc2C)c1)C(C)CC. The first-order valence-electron chi connectivity index (χ1n) is 15.6. The first-order chi connectivity index (χ1) is 19.7. The second-order valence-corrected chi connectivity index (χ2v) is 11.2. The highest BCUT2D eigenvalue weighted by Crippen LogP contribution is 2.26. The summed E-state index contributed by atoms with van der Waals surface area (Å²) >= 11 is 0. The van der Waals surface area contributed by atoms with E-state index in [2.05, 4.69) is 67.9 Å². The first-order valence-corrected chi connectivity index (χ1v) is 15.6. The highest BCUT2D eigenvalue weighted by atomic mass is 16.2. The zero-order valence-electron chi connectivity index (χ0n) is 26.9. The molecule has 3 N–H and O–H groups in total. The van der Waals surface area contributed by atoms with Gasteiger partial charge in [0.15, 0.2) is 0 Å². The van der Waals surface area contributed by atoms with Crippen molar-refractivity contribution in [3.8, 4) is 0 Å². The molecule has 0 aliphatic carbocycles. The molecule has 2 unspecified atom stereocenters. The number of hydrogen-bond acceptors (Lipinski definition) is 7. The maximum absolute atomic E-state index is 13.9. The van der Waals surface area contributed by atoms with Crippen molar-refractivity contribution in [2.75, 3.05) is 47.9 Å². The number of rotatable bonds is 18. The van der Waals surface area contributed by atoms with Gasteiger partial charge in [0.25, 0.3) is 5.91 Å². The van der Waals surface area contributed by atoms with Crippen molar-refractivity contribution in [3.63, 3.8) is 0 Å². The molecule has 1 aromatic carbocycles. The van der Waals surface area contributed by atoms with Crippen LogP contribution >= 0.6 is 0 Å². The zero-order chi connectivity index (χ0) is 30.4. The third kappa shape index (κ3) is 10.4. The normalized spacial score (nSPS) is 13.3. The van der Waals surface area contributed by atoms with Crippen LogP contribution in [0.5, 0.6) is 0 Å². The molecule has 41 heavy (non-hydrogen) atoms. The second-order valence-electron chi connectivity index (χ2n) is 11.2. The molecule has 1 aromatic heterocycles. The lowest BCUT2D eigenvalue weighted by molar-refractivity contribution is 0.0984. The fourth-order valence-corrected chi connectivity index (χ4v) is 4.79. The number of nitrogens with one attached hydrogen (secondary N) is 1. The van der Waals surface area contributed by atoms with Gasteiger partial charge in [-0.15, -0.1) is 0 Å². The standard InChI is InChI=1S/C33H55N7O/c1-9-18-38(19-10-2)23-28(26(7)12-4)24-40(34)30-16-14-15-29(21-30)39(20-17-25(6)11-3)32(41)31-22-36-33(35-13-5)37-27(31)8/h14-16,21-22,24-26H,9-13,17-20,23,34H2,1-8H3,(H,35,36,37)/b28-24-. The maximum atomic E-state index is 13.9. The van der Waals surface area contributed by atoms with E-state index in [4.69, 9.17) is 5.84 Å². The maximum Gasteiger partial charge on any atom is 0.261 e. The molecule has 0 aliphatic rings. The molecule has 228 valence electrons. The average Bonchev–Trinajstić information content (AvgIpc) is 2.96. The number of nitrogens with zero attached hydrogens (tertiary/aromatic N) is 5. The number of anilines is 3. The molecule has 0 fully saturated rings. The minimum atomic E-state index is -0.0971. The molecule has 0 saturated carbocycles. The summed E-state index contributed by atoms with van der Waals surface area (Å²) < 4.78 is 0. The zero-order valence-corrected chi connectivity index (χ0v) is 26.9. The molecule has 0 spiro atoms. The van der Waals surface area contributed by atoms with E-state index in [1.807, 2.05) is 43.0 Å². The first kappa shape index (κ1) is 34.2. The minimum absolute atomic E-state index is 0.0971. The predicted octanol–water partition coefficient (Wildman–Crippen LogP) is 7.03. The second kappa shape index (κ2) is 17.8. The van der Waals surface area contributed by atoms with E-state index in [1.54, 1.807) is 11.2 Å². The third-order valence-corrected chi connectivity index (χ3v) is 7.81. The molecule has 0 radical (unpaired) electrons. The Bertz CT molecular complexity index is 1100. The molecular weight excluding hydrogens is 510 g/mol. The third-order valence-electron chi connectivity index (χ3n) is 7.81. The van der Waals surface area contributed by atoms with Crippen molar-refractivity contribution in [2.45, 2.75) is 87.5 Å². The van der Waals surface area contributed by atoms with E-state index in [0.29, 0.717) is 35.6 Å². The fraction of sp³-hybridized carbons (Fsp3) is 0.606. The molecule has 2 rings (SSSR count). The molecule has 0 aliphatic heterocycles. The van der Waals surface area contributed by atoms with E-state index in [1.165, 1.54) is 5.57 Å². The predicted molar refractivity (Wildman–Crippen MR) is 174 cm³/mol. The van der Waals surface area contributed by atoms with Crippen molar-refractivity contribution >= 4 is 23.2 Å². The Morgan fingerprint density at radius 3 is 2.29 bits per heavy atom. The summed E-state index contributed by atoms with van der Waals surface area (Å²) in [5.74, 6) is 8.05. The van der Waals surface area contributed by atoms with Crippen LogP contribution in [0.3, 0.4) is 0 Å². The lowest BCUT2D eigenvalue weighted by Crippen LogP contribution is -2.34. The van der Waals surface area contributed by atoms with Crippen molar-refractivity contribution in [2.24, 2.45) is 17.7 Å². The van der Waals surface area contributed by atoms with E-state index >= 15 is 0 Å². The Kier molecular flexibility index (Phi) is 14.8. The molecule has 0 saturated heterocycles. The van der Waals surface area contributed by atoms with Gasteiger partial charge in [-0.1, -0.05) is 54.0 Å². The van der Waals surface area contributed by atoms with Gasteiger partial charge < -0.3 is 10.2 Å². The number of carbonyl (C=O) groups is 1. The largest absolute Gasteiger partial charge is 0.354 e. The molecule has 8 nitrogen and oxygen atoms in total. The lowest BCUT2D eigenvalue weighted by atomic mass is 9.98. The van der Waals surface area contributed by atoms with Crippen molar-refractivity contribution < 1.29 is 4.79 Å². The Labute approximate surface area is 249 Å². The number of nitrogens with two attached hydrogens (primary N) is 1. The monoisotopic (exact) mass is 565 g/mol. The van der Waals surface area contributed by atoms with Crippen LogP contribution < -0.4 is 21.1 Å². The minimum Gasteiger partial charge on any atom is -0.354 e. The fourth-order valence-electron chi connectivity index (χ4n) is 4.79. The van der Waals surface area contributed by atoms with Crippen LogP contribution in [-0.2, 0) is 0 Å². The van der Waals surface area contributed by atoms with Gasteiger partial charge in [0.1, 0.15) is 0 Å². The van der Waals surface area contributed by atoms with Gasteiger partial charge in [-0.3, -0.25) is 14.7 Å². The van der Waals surface area contributed by atoms with Gasteiger partial charge in [-0.25, -0.2) is 15.8 Å². The number of aryl methyl sites for hydroxylation is 1. The Hall–Kier alpha value is -2.97. The van der Waals surface area contributed by atoms with Crippen molar-refractivity contribution in [3.05, 3.63) is 53.5 Å². The summed E-state index contributed by atoms with van der Waals surface area (Å²) in [6.07, 6.45) is 9.00. The Morgan fingerprint density at radius 2 is 1.71 bits per heavy atom. The van der Waals surface area contributed by atoms with Crippen molar-refractivity contribution in [1.29, 1.82) is 0 Å². The van der Waals surface area contributed by atoms with Gasteiger partial charge in [0, 0.05) is 37.7 Å². The molecule has 1 amide bonds. The molecule has 8 heteroatoms. The highest BCUT2D eigenvalue weighted by molar-refractivity contribution is 6.06. The Morgan fingerprint density at radius 1 is 1.02 bits per heavy atom. The van der Waals surface area contributed by atoms with Gasteiger partial charge in [0.05, 0.1) is 16.9 Å². The van der Waals surface area contributed by atoms with Gasteiger partial charge >= 0.3 is 0 Å². The van der Waals surface area contributed by atoms with Crippen LogP contribution in [0.4, 0.5) is 17.3 Å². The van der Waals surface area contributed by atoms with Crippen LogP contribution in [0, 0.1) is 18.8 Å². The molecule has 1 heterocycles. The summed E-state index contributed by atoms with van der Waals surface area (Å²) in [6.45, 7) is 21.6. The van der Waals surface area contributed by atoms with Crippen LogP contribution in [0.25, 0.3) is 0 Å². The van der Waals surface area contributed by atoms with E-state index < -0.39 is 0 Å². The van der Waals surface area contributed by atoms with E-state index in [-0.39, 0.29) is 5.91 Å². The molecular formula is C33H55N7O. The van der Waals surface area contributed by atoms with Crippen LogP contribution in [0.1, 0.15) is 96.6 Å². The van der Waals surface area contributed by atoms with Gasteiger partial charge in [-0.2, -0.15) is 0 Å². The van der Waals surface area contributed by atoms with Crippen LogP contribution in [0.15, 0.2) is 42.2 Å². The number of hydrogen-bond donors (Lipinski definition) is 2. The number of carbonyl (C=O) groups excluding carboxylic acids is 1. The smallest absolute Gasteiger partial charge is 0.261 e. The van der Waals surface area contributed by atoms with Crippen LogP contribution in [-0.4, -0.2) is 53.5 Å². The van der Waals surface area contributed by atoms with E-state index in [0.717, 1.165) is 69.7 Å². The number of amides is 1. The molecule has 2 aromatic rings. The number of hydrazine groups is 1. The van der Waals surface area contributed by atoms with Crippen LogP contribution in [0.2, 0.25) is 0 Å². The molecule has 0 bridgehead atoms. The van der Waals surface area contributed by atoms with E-state index in [9.17, 15) is 4.79 Å². The summed E-state index contributed by atoms with van der Waals surface area (Å²) in [6, 6.07) is 7.97. The number of aromatic nitrogens is 2. The highest BCUT2D eigenvalue weighted by Gasteiger charge is 2.22. The summed E-state index contributed by atoms with van der Waals surface area (Å²) in [5, 5.41) is 4.84. The number of benzene rings is 1. The summed E-state index contributed by atoms with van der Waals surface area (Å²) in [5.41, 5.74) is 4.16. The Balaban J connectivity index is 2.44.